The Balaban J connectivity index is 1.23. The van der Waals surface area contributed by atoms with Gasteiger partial charge in [-0.15, -0.1) is 0 Å². The van der Waals surface area contributed by atoms with Crippen molar-refractivity contribution >= 4 is 6.03 Å². The number of halogens is 2. The molecule has 2 N–H and O–H groups in total. The quantitative estimate of drug-likeness (QED) is 0.462. The van der Waals surface area contributed by atoms with Gasteiger partial charge in [-0.25, -0.2) is 18.6 Å². The molecule has 3 heterocycles. The molecule has 2 saturated heterocycles. The predicted octanol–water partition coefficient (Wildman–Crippen LogP) is 4.61. The summed E-state index contributed by atoms with van der Waals surface area (Å²) in [6.07, 6.45) is 2.41. The van der Waals surface area contributed by atoms with E-state index in [2.05, 4.69) is 22.4 Å². The van der Waals surface area contributed by atoms with E-state index in [1.807, 2.05) is 28.0 Å². The minimum absolute atomic E-state index is 0.0143. The third-order valence-electron chi connectivity index (χ3n) is 9.56. The third-order valence-corrected chi connectivity index (χ3v) is 9.56. The molecule has 10 heteroatoms. The van der Waals surface area contributed by atoms with Crippen LogP contribution >= 0.6 is 0 Å². The summed E-state index contributed by atoms with van der Waals surface area (Å²) in [6.45, 7) is 2.87. The molecule has 2 amide bonds. The van der Waals surface area contributed by atoms with Crippen LogP contribution in [0.25, 0.3) is 11.3 Å². The van der Waals surface area contributed by atoms with Crippen molar-refractivity contribution in [3.63, 3.8) is 0 Å². The molecule has 2 atom stereocenters. The second kappa shape index (κ2) is 11.6. The summed E-state index contributed by atoms with van der Waals surface area (Å²) < 4.78 is 28.5. The molecule has 2 aromatic carbocycles. The Morgan fingerprint density at radius 2 is 1.79 bits per heavy atom. The maximum atomic E-state index is 14.0. The van der Waals surface area contributed by atoms with Crippen molar-refractivity contribution < 1.29 is 18.7 Å². The molecule has 2 aliphatic heterocycles. The Labute approximate surface area is 244 Å². The number of alkyl halides is 2. The van der Waals surface area contributed by atoms with E-state index in [0.717, 1.165) is 37.8 Å². The molecule has 0 bridgehead atoms. The largest absolute Gasteiger partial charge is 0.387 e. The number of urea groups is 1. The molecular weight excluding hydrogens is 540 g/mol. The van der Waals surface area contributed by atoms with E-state index in [1.54, 1.807) is 6.07 Å². The Morgan fingerprint density at radius 3 is 2.52 bits per heavy atom. The number of benzene rings is 2. The van der Waals surface area contributed by atoms with Gasteiger partial charge in [0.2, 0.25) is 0 Å². The Bertz CT molecular complexity index is 1480. The van der Waals surface area contributed by atoms with E-state index in [1.165, 1.54) is 35.2 Å². The van der Waals surface area contributed by atoms with Gasteiger partial charge in [0.25, 0.3) is 12.0 Å². The normalized spacial score (nSPS) is 24.0. The van der Waals surface area contributed by atoms with E-state index in [4.69, 9.17) is 0 Å². The fourth-order valence-corrected chi connectivity index (χ4v) is 7.24. The molecule has 0 radical (unpaired) electrons. The van der Waals surface area contributed by atoms with E-state index in [0.29, 0.717) is 32.6 Å². The standard InChI is InChI=1S/C32H37F2N5O3/c33-29(34)25-11-5-4-10-24(25)26-18-28(40)38(22-36-26)21-32(42)14-16-37(20-31(32)12-6-7-13-31)30(41)39-17-15-35-19-27(39)23-8-2-1-3-9-23/h1-5,8-11,18,22,27,29,35,42H,6-7,12-17,19-21H2/t27-,32+/m0/s1. The lowest BCUT2D eigenvalue weighted by Crippen LogP contribution is -2.64. The number of rotatable bonds is 5. The first-order valence-electron chi connectivity index (χ1n) is 14.8. The van der Waals surface area contributed by atoms with Gasteiger partial charge in [0.1, 0.15) is 0 Å². The zero-order chi connectivity index (χ0) is 29.3. The summed E-state index contributed by atoms with van der Waals surface area (Å²) in [5.74, 6) is 0. The lowest BCUT2D eigenvalue weighted by Gasteiger charge is -2.53. The van der Waals surface area contributed by atoms with Gasteiger partial charge in [0, 0.05) is 55.3 Å². The SMILES string of the molecule is O=C(N1CC[C@@](O)(Cn2cnc(-c3ccccc3C(F)F)cc2=O)C2(CCCC2)C1)N1CCNC[C@H]1c1ccccc1. The highest BCUT2D eigenvalue weighted by molar-refractivity contribution is 5.75. The average Bonchev–Trinajstić information content (AvgIpc) is 3.50. The van der Waals surface area contributed by atoms with Gasteiger partial charge in [0.05, 0.1) is 30.2 Å². The number of amides is 2. The van der Waals surface area contributed by atoms with E-state index < -0.39 is 23.0 Å². The predicted molar refractivity (Wildman–Crippen MR) is 155 cm³/mol. The van der Waals surface area contributed by atoms with Gasteiger partial charge >= 0.3 is 6.03 Å². The minimum Gasteiger partial charge on any atom is -0.387 e. The highest BCUT2D eigenvalue weighted by atomic mass is 19.3. The number of nitrogens with one attached hydrogen (secondary N) is 1. The molecule has 6 rings (SSSR count). The molecule has 42 heavy (non-hydrogen) atoms. The van der Waals surface area contributed by atoms with Crippen LogP contribution in [0.5, 0.6) is 0 Å². The van der Waals surface area contributed by atoms with Crippen LogP contribution in [-0.2, 0) is 6.54 Å². The van der Waals surface area contributed by atoms with Gasteiger partial charge < -0.3 is 20.2 Å². The highest BCUT2D eigenvalue weighted by Gasteiger charge is 2.56. The van der Waals surface area contributed by atoms with Crippen LogP contribution in [0.2, 0.25) is 0 Å². The molecule has 8 nitrogen and oxygen atoms in total. The van der Waals surface area contributed by atoms with Crippen molar-refractivity contribution in [3.05, 3.63) is 88.5 Å². The number of nitrogens with zero attached hydrogens (tertiary/aromatic N) is 4. The zero-order valence-corrected chi connectivity index (χ0v) is 23.6. The molecule has 3 aromatic rings. The van der Waals surface area contributed by atoms with Gasteiger partial charge in [-0.1, -0.05) is 67.4 Å². The average molecular weight is 578 g/mol. The van der Waals surface area contributed by atoms with Gasteiger partial charge in [-0.05, 0) is 24.8 Å². The molecular formula is C32H37F2N5O3. The fourth-order valence-electron chi connectivity index (χ4n) is 7.24. The second-order valence-electron chi connectivity index (χ2n) is 11.9. The van der Waals surface area contributed by atoms with Crippen molar-refractivity contribution in [1.82, 2.24) is 24.7 Å². The molecule has 1 spiro atoms. The molecule has 3 aliphatic rings. The second-order valence-corrected chi connectivity index (χ2v) is 11.9. The summed E-state index contributed by atoms with van der Waals surface area (Å²) >= 11 is 0. The number of carbonyl (C=O) groups is 1. The zero-order valence-electron chi connectivity index (χ0n) is 23.6. The van der Waals surface area contributed by atoms with Crippen molar-refractivity contribution in [2.45, 2.75) is 56.7 Å². The molecule has 3 fully saturated rings. The Hall–Kier alpha value is -3.63. The summed E-state index contributed by atoms with van der Waals surface area (Å²) in [4.78, 5) is 35.4. The van der Waals surface area contributed by atoms with Gasteiger partial charge in [-0.2, -0.15) is 0 Å². The molecule has 1 aliphatic carbocycles. The smallest absolute Gasteiger partial charge is 0.320 e. The maximum absolute atomic E-state index is 14.0. The number of aromatic nitrogens is 2. The van der Waals surface area contributed by atoms with Crippen LogP contribution in [0.4, 0.5) is 13.6 Å². The first-order valence-corrected chi connectivity index (χ1v) is 14.8. The Kier molecular flexibility index (Phi) is 7.85. The number of piperazine rings is 1. The number of piperidine rings is 1. The summed E-state index contributed by atoms with van der Waals surface area (Å²) in [5.41, 5.74) is -0.852. The van der Waals surface area contributed by atoms with Gasteiger partial charge in [0.15, 0.2) is 0 Å². The first kappa shape index (κ1) is 28.5. The van der Waals surface area contributed by atoms with E-state index in [-0.39, 0.29) is 35.4 Å². The van der Waals surface area contributed by atoms with Crippen molar-refractivity contribution in [3.8, 4) is 11.3 Å². The lowest BCUT2D eigenvalue weighted by atomic mass is 9.66. The molecule has 0 unspecified atom stereocenters. The number of aliphatic hydroxyl groups is 1. The lowest BCUT2D eigenvalue weighted by molar-refractivity contribution is -0.137. The monoisotopic (exact) mass is 577 g/mol. The number of hydrogen-bond donors (Lipinski definition) is 2. The number of carbonyl (C=O) groups excluding carboxylic acids is 1. The van der Waals surface area contributed by atoms with Crippen LogP contribution in [-0.4, -0.2) is 68.8 Å². The highest BCUT2D eigenvalue weighted by Crippen LogP contribution is 2.52. The van der Waals surface area contributed by atoms with Crippen molar-refractivity contribution in [1.29, 1.82) is 0 Å². The number of likely N-dealkylation sites (tertiary alicyclic amines) is 1. The van der Waals surface area contributed by atoms with E-state index in [9.17, 15) is 23.5 Å². The summed E-state index contributed by atoms with van der Waals surface area (Å²) in [7, 11) is 0. The van der Waals surface area contributed by atoms with Crippen molar-refractivity contribution in [2.75, 3.05) is 32.7 Å². The molecule has 222 valence electrons. The van der Waals surface area contributed by atoms with Crippen LogP contribution in [0.3, 0.4) is 0 Å². The van der Waals surface area contributed by atoms with Crippen LogP contribution in [0.15, 0.2) is 71.8 Å². The maximum Gasteiger partial charge on any atom is 0.320 e. The van der Waals surface area contributed by atoms with Crippen molar-refractivity contribution in [2.24, 2.45) is 5.41 Å². The number of hydrogen-bond acceptors (Lipinski definition) is 5. The van der Waals surface area contributed by atoms with E-state index >= 15 is 0 Å². The topological polar surface area (TPSA) is 90.7 Å². The molecule has 1 aromatic heterocycles. The van der Waals surface area contributed by atoms with Crippen LogP contribution in [0.1, 0.15) is 55.7 Å². The Morgan fingerprint density at radius 1 is 1.05 bits per heavy atom. The third kappa shape index (κ3) is 5.22. The fraction of sp³-hybridized carbons (Fsp3) is 0.469. The first-order chi connectivity index (χ1) is 20.3. The summed E-state index contributed by atoms with van der Waals surface area (Å²) in [5, 5.41) is 15.6. The van der Waals surface area contributed by atoms with Gasteiger partial charge in [-0.3, -0.25) is 9.36 Å². The van der Waals surface area contributed by atoms with Crippen LogP contribution in [0, 0.1) is 5.41 Å². The van der Waals surface area contributed by atoms with Crippen LogP contribution < -0.4 is 10.9 Å². The minimum atomic E-state index is -2.69. The molecule has 1 saturated carbocycles. The summed E-state index contributed by atoms with van der Waals surface area (Å²) in [6, 6.07) is 17.3.